The lowest BCUT2D eigenvalue weighted by Crippen LogP contribution is -2.45. The molecule has 1 aromatic carbocycles. The van der Waals surface area contributed by atoms with E-state index in [1.54, 1.807) is 25.1 Å². The van der Waals surface area contributed by atoms with Crippen LogP contribution in [0, 0.1) is 0 Å². The van der Waals surface area contributed by atoms with Crippen molar-refractivity contribution in [2.75, 3.05) is 17.0 Å². The number of anilines is 1. The van der Waals surface area contributed by atoms with Crippen molar-refractivity contribution in [3.05, 3.63) is 29.8 Å². The van der Waals surface area contributed by atoms with Gasteiger partial charge in [0.05, 0.1) is 5.75 Å². The average Bonchev–Trinajstić information content (AvgIpc) is 2.34. The summed E-state index contributed by atoms with van der Waals surface area (Å²) in [7, 11) is -3.36. The summed E-state index contributed by atoms with van der Waals surface area (Å²) >= 11 is 0. The molecular weight excluding hydrogens is 326 g/mol. The number of halogens is 1. The Kier molecular flexibility index (Phi) is 7.86. The smallest absolute Gasteiger partial charge is 0.251 e. The molecule has 0 aliphatic carbocycles. The Morgan fingerprint density at radius 1 is 1.32 bits per heavy atom. The van der Waals surface area contributed by atoms with E-state index in [2.05, 4.69) is 10.0 Å². The molecule has 1 aromatic rings. The zero-order chi connectivity index (χ0) is 16.1. The molecule has 0 atom stereocenters. The molecule has 0 spiro atoms. The van der Waals surface area contributed by atoms with Gasteiger partial charge in [-0.25, -0.2) is 8.42 Å². The highest BCUT2D eigenvalue weighted by Crippen LogP contribution is 2.13. The molecule has 0 fully saturated rings. The van der Waals surface area contributed by atoms with Gasteiger partial charge in [0.2, 0.25) is 10.0 Å². The summed E-state index contributed by atoms with van der Waals surface area (Å²) in [6.45, 7) is 5.74. The molecule has 6 nitrogen and oxygen atoms in total. The highest BCUT2D eigenvalue weighted by atomic mass is 35.5. The van der Waals surface area contributed by atoms with Crippen LogP contribution in [0.5, 0.6) is 0 Å². The van der Waals surface area contributed by atoms with Crippen molar-refractivity contribution in [3.63, 3.8) is 0 Å². The van der Waals surface area contributed by atoms with Gasteiger partial charge in [-0.3, -0.25) is 9.52 Å². The molecule has 22 heavy (non-hydrogen) atoms. The second-order valence-electron chi connectivity index (χ2n) is 5.67. The predicted molar refractivity (Wildman–Crippen MR) is 92.0 cm³/mol. The number of benzene rings is 1. The minimum absolute atomic E-state index is 0. The molecular formula is C14H24ClN3O3S. The summed E-state index contributed by atoms with van der Waals surface area (Å²) in [5.41, 5.74) is 6.06. The van der Waals surface area contributed by atoms with Crippen LogP contribution in [0.4, 0.5) is 5.69 Å². The Balaban J connectivity index is 0.00000441. The van der Waals surface area contributed by atoms with Gasteiger partial charge in [-0.1, -0.05) is 13.0 Å². The topological polar surface area (TPSA) is 101 Å². The minimum Gasteiger partial charge on any atom is -0.350 e. The summed E-state index contributed by atoms with van der Waals surface area (Å²) in [6, 6.07) is 6.37. The Morgan fingerprint density at radius 2 is 1.95 bits per heavy atom. The van der Waals surface area contributed by atoms with Crippen molar-refractivity contribution in [1.82, 2.24) is 5.32 Å². The second kappa shape index (κ2) is 8.36. The second-order valence-corrected chi connectivity index (χ2v) is 7.51. The first kappa shape index (κ1) is 20.7. The molecule has 0 aliphatic rings. The van der Waals surface area contributed by atoms with Gasteiger partial charge in [-0.05, 0) is 38.5 Å². The molecule has 1 amide bonds. The molecule has 1 rings (SSSR count). The van der Waals surface area contributed by atoms with Crippen LogP contribution in [0.1, 0.15) is 37.6 Å². The van der Waals surface area contributed by atoms with E-state index in [1.807, 2.05) is 13.8 Å². The number of carbonyl (C=O) groups is 1. The van der Waals surface area contributed by atoms with Crippen molar-refractivity contribution < 1.29 is 13.2 Å². The van der Waals surface area contributed by atoms with Crippen LogP contribution < -0.4 is 15.8 Å². The molecule has 4 N–H and O–H groups in total. The van der Waals surface area contributed by atoms with Gasteiger partial charge in [0, 0.05) is 23.3 Å². The number of carbonyl (C=O) groups excluding carboxylic acids is 1. The third kappa shape index (κ3) is 7.63. The highest BCUT2D eigenvalue weighted by Gasteiger charge is 2.14. The number of rotatable bonds is 7. The van der Waals surface area contributed by atoms with E-state index in [0.29, 0.717) is 24.2 Å². The zero-order valence-electron chi connectivity index (χ0n) is 13.0. The molecule has 0 radical (unpaired) electrons. The molecule has 0 unspecified atom stereocenters. The standard InChI is InChI=1S/C14H23N3O3S.ClH/c1-4-8-21(19,20)17-12-7-5-6-11(9-12)13(18)16-10-14(2,3)15;/h5-7,9,17H,4,8,10,15H2,1-3H3,(H,16,18);1H. The maximum Gasteiger partial charge on any atom is 0.251 e. The number of amides is 1. The molecule has 0 saturated heterocycles. The first-order valence-corrected chi connectivity index (χ1v) is 8.46. The number of hydrogen-bond donors (Lipinski definition) is 3. The van der Waals surface area contributed by atoms with E-state index in [1.165, 1.54) is 6.07 Å². The Bertz CT molecular complexity index is 598. The van der Waals surface area contributed by atoms with Gasteiger partial charge in [0.1, 0.15) is 0 Å². The van der Waals surface area contributed by atoms with Crippen molar-refractivity contribution in [3.8, 4) is 0 Å². The molecule has 0 aliphatic heterocycles. The third-order valence-corrected chi connectivity index (χ3v) is 4.07. The summed E-state index contributed by atoms with van der Waals surface area (Å²) < 4.78 is 25.9. The maximum absolute atomic E-state index is 12.0. The summed E-state index contributed by atoms with van der Waals surface area (Å²) in [5, 5.41) is 2.71. The van der Waals surface area contributed by atoms with Gasteiger partial charge in [-0.2, -0.15) is 0 Å². The summed E-state index contributed by atoms with van der Waals surface area (Å²) in [6.07, 6.45) is 0.529. The van der Waals surface area contributed by atoms with Crippen molar-refractivity contribution in [2.24, 2.45) is 5.73 Å². The summed E-state index contributed by atoms with van der Waals surface area (Å²) in [4.78, 5) is 12.0. The molecule has 0 bridgehead atoms. The van der Waals surface area contributed by atoms with Crippen molar-refractivity contribution in [2.45, 2.75) is 32.7 Å². The lowest BCUT2D eigenvalue weighted by Gasteiger charge is -2.19. The van der Waals surface area contributed by atoms with Crippen molar-refractivity contribution >= 4 is 34.0 Å². The quantitative estimate of drug-likeness (QED) is 0.697. The third-order valence-electron chi connectivity index (χ3n) is 2.58. The van der Waals surface area contributed by atoms with Crippen LogP contribution >= 0.6 is 12.4 Å². The van der Waals surface area contributed by atoms with Gasteiger partial charge >= 0.3 is 0 Å². The van der Waals surface area contributed by atoms with Gasteiger partial charge in [-0.15, -0.1) is 12.4 Å². The lowest BCUT2D eigenvalue weighted by molar-refractivity contribution is 0.0946. The fraction of sp³-hybridized carbons (Fsp3) is 0.500. The number of sulfonamides is 1. The van der Waals surface area contributed by atoms with Gasteiger partial charge in [0.15, 0.2) is 0 Å². The fourth-order valence-electron chi connectivity index (χ4n) is 1.63. The van der Waals surface area contributed by atoms with Crippen molar-refractivity contribution in [1.29, 1.82) is 0 Å². The van der Waals surface area contributed by atoms with E-state index in [0.717, 1.165) is 0 Å². The number of nitrogens with one attached hydrogen (secondary N) is 2. The van der Waals surface area contributed by atoms with E-state index in [4.69, 9.17) is 5.73 Å². The van der Waals surface area contributed by atoms with E-state index in [-0.39, 0.29) is 24.1 Å². The number of nitrogens with two attached hydrogens (primary N) is 1. The van der Waals surface area contributed by atoms with Gasteiger partial charge < -0.3 is 11.1 Å². The normalized spacial score (nSPS) is 11.5. The Hall–Kier alpha value is -1.31. The van der Waals surface area contributed by atoms with Crippen LogP contribution in [0.15, 0.2) is 24.3 Å². The van der Waals surface area contributed by atoms with Crippen LogP contribution in [-0.4, -0.2) is 32.2 Å². The minimum atomic E-state index is -3.36. The van der Waals surface area contributed by atoms with Crippen LogP contribution in [0.25, 0.3) is 0 Å². The number of hydrogen-bond acceptors (Lipinski definition) is 4. The van der Waals surface area contributed by atoms with Gasteiger partial charge in [0.25, 0.3) is 5.91 Å². The monoisotopic (exact) mass is 349 g/mol. The van der Waals surface area contributed by atoms with E-state index >= 15 is 0 Å². The average molecular weight is 350 g/mol. The molecule has 8 heteroatoms. The predicted octanol–water partition coefficient (Wildman–Crippen LogP) is 1.73. The molecule has 0 saturated carbocycles. The Morgan fingerprint density at radius 3 is 2.50 bits per heavy atom. The zero-order valence-corrected chi connectivity index (χ0v) is 14.7. The first-order chi connectivity index (χ1) is 9.63. The molecule has 126 valence electrons. The fourth-order valence-corrected chi connectivity index (χ4v) is 2.76. The summed E-state index contributed by atoms with van der Waals surface area (Å²) in [5.74, 6) is -0.241. The van der Waals surface area contributed by atoms with E-state index < -0.39 is 15.6 Å². The van der Waals surface area contributed by atoms with E-state index in [9.17, 15) is 13.2 Å². The largest absolute Gasteiger partial charge is 0.350 e. The Labute approximate surface area is 138 Å². The first-order valence-electron chi connectivity index (χ1n) is 6.80. The van der Waals surface area contributed by atoms with Crippen LogP contribution in [0.2, 0.25) is 0 Å². The van der Waals surface area contributed by atoms with Crippen LogP contribution in [0.3, 0.4) is 0 Å². The molecule has 0 heterocycles. The van der Waals surface area contributed by atoms with Crippen LogP contribution in [-0.2, 0) is 10.0 Å². The SMILES string of the molecule is CCCS(=O)(=O)Nc1cccc(C(=O)NCC(C)(C)N)c1.Cl. The maximum atomic E-state index is 12.0. The molecule has 0 aromatic heterocycles. The highest BCUT2D eigenvalue weighted by molar-refractivity contribution is 7.92. The lowest BCUT2D eigenvalue weighted by atomic mass is 10.1.